The van der Waals surface area contributed by atoms with E-state index in [2.05, 4.69) is 16.8 Å². The predicted molar refractivity (Wildman–Crippen MR) is 51.7 cm³/mol. The normalized spacial score (nSPS) is 8.38. The summed E-state index contributed by atoms with van der Waals surface area (Å²) in [6.45, 7) is 4.01. The predicted octanol–water partition coefficient (Wildman–Crippen LogP) is -0.676. The van der Waals surface area contributed by atoms with Crippen molar-refractivity contribution in [3.8, 4) is 0 Å². The molecule has 0 saturated carbocycles. The minimum atomic E-state index is -1.06. The largest absolute Gasteiger partial charge is 0.480 e. The van der Waals surface area contributed by atoms with Gasteiger partial charge in [0.25, 0.3) is 0 Å². The van der Waals surface area contributed by atoms with E-state index in [1.807, 2.05) is 0 Å². The highest BCUT2D eigenvalue weighted by atomic mass is 17.1. The molecule has 0 aliphatic heterocycles. The van der Waals surface area contributed by atoms with Gasteiger partial charge in [-0.1, -0.05) is 6.58 Å². The summed E-state index contributed by atoms with van der Waals surface area (Å²) in [5.41, 5.74) is 0.183. The molecule has 0 amide bonds. The van der Waals surface area contributed by atoms with Crippen molar-refractivity contribution in [3.05, 3.63) is 12.2 Å². The van der Waals surface area contributed by atoms with Gasteiger partial charge in [0.05, 0.1) is 13.1 Å². The molecular formula is C8H13NO7. The van der Waals surface area contributed by atoms with Crippen molar-refractivity contribution in [1.29, 1.82) is 0 Å². The van der Waals surface area contributed by atoms with Gasteiger partial charge in [0.1, 0.15) is 0 Å². The lowest BCUT2D eigenvalue weighted by Crippen LogP contribution is -2.27. The second-order valence-electron chi connectivity index (χ2n) is 2.55. The topological polar surface area (TPSA) is 133 Å². The SMILES string of the molecule is C=C(C)C(=O)OO.O=C(O)CNCC(=O)O. The van der Waals surface area contributed by atoms with Crippen LogP contribution in [0.15, 0.2) is 12.2 Å². The van der Waals surface area contributed by atoms with E-state index in [0.29, 0.717) is 0 Å². The highest BCUT2D eigenvalue weighted by molar-refractivity contribution is 5.86. The average Bonchev–Trinajstić information content (AvgIpc) is 2.16. The maximum Gasteiger partial charge on any atom is 0.367 e. The van der Waals surface area contributed by atoms with E-state index < -0.39 is 17.9 Å². The third kappa shape index (κ3) is 14.6. The number of carboxylic acids is 2. The Labute approximate surface area is 91.1 Å². The van der Waals surface area contributed by atoms with E-state index in [0.717, 1.165) is 0 Å². The quantitative estimate of drug-likeness (QED) is 0.280. The zero-order chi connectivity index (χ0) is 13.1. The number of hydrogen-bond donors (Lipinski definition) is 4. The summed E-state index contributed by atoms with van der Waals surface area (Å²) in [5.74, 6) is -2.91. The van der Waals surface area contributed by atoms with Crippen molar-refractivity contribution in [1.82, 2.24) is 5.32 Å². The first-order chi connectivity index (χ1) is 7.31. The molecule has 0 aromatic heterocycles. The van der Waals surface area contributed by atoms with Gasteiger partial charge in [0, 0.05) is 5.57 Å². The number of rotatable bonds is 5. The fourth-order valence-corrected chi connectivity index (χ4v) is 0.354. The van der Waals surface area contributed by atoms with Crippen LogP contribution in [0.25, 0.3) is 0 Å². The number of nitrogens with one attached hydrogen (secondary N) is 1. The summed E-state index contributed by atoms with van der Waals surface area (Å²) in [5, 5.41) is 25.7. The maximum absolute atomic E-state index is 9.94. The second kappa shape index (κ2) is 9.62. The summed E-state index contributed by atoms with van der Waals surface area (Å²) in [6, 6.07) is 0. The molecule has 4 N–H and O–H groups in total. The van der Waals surface area contributed by atoms with Crippen LogP contribution in [0.1, 0.15) is 6.92 Å². The third-order valence-electron chi connectivity index (χ3n) is 0.984. The van der Waals surface area contributed by atoms with Crippen molar-refractivity contribution in [2.75, 3.05) is 13.1 Å². The Bertz CT molecular complexity index is 260. The zero-order valence-corrected chi connectivity index (χ0v) is 8.60. The zero-order valence-electron chi connectivity index (χ0n) is 8.60. The lowest BCUT2D eigenvalue weighted by Gasteiger charge is -1.93. The van der Waals surface area contributed by atoms with Crippen LogP contribution in [0.5, 0.6) is 0 Å². The fourth-order valence-electron chi connectivity index (χ4n) is 0.354. The number of aliphatic carboxylic acids is 2. The van der Waals surface area contributed by atoms with E-state index in [-0.39, 0.29) is 18.7 Å². The van der Waals surface area contributed by atoms with Gasteiger partial charge in [-0.25, -0.2) is 4.79 Å². The summed E-state index contributed by atoms with van der Waals surface area (Å²) < 4.78 is 0. The van der Waals surface area contributed by atoms with Crippen LogP contribution in [0.4, 0.5) is 0 Å². The fraction of sp³-hybridized carbons (Fsp3) is 0.375. The van der Waals surface area contributed by atoms with Gasteiger partial charge in [-0.2, -0.15) is 5.26 Å². The van der Waals surface area contributed by atoms with E-state index in [1.54, 1.807) is 0 Å². The van der Waals surface area contributed by atoms with Gasteiger partial charge in [0.15, 0.2) is 0 Å². The second-order valence-corrected chi connectivity index (χ2v) is 2.55. The standard InChI is InChI=1S/C4H7NO4.C4H6O3/c6-3(7)1-5-2-4(8)9;1-3(2)4(5)7-6/h5H,1-2H2,(H,6,7)(H,8,9);6H,1H2,2H3. The lowest BCUT2D eigenvalue weighted by atomic mass is 10.4. The number of hydrogen-bond acceptors (Lipinski definition) is 6. The molecule has 0 aromatic carbocycles. The molecule has 8 nitrogen and oxygen atoms in total. The first-order valence-electron chi connectivity index (χ1n) is 3.96. The van der Waals surface area contributed by atoms with Gasteiger partial charge in [0.2, 0.25) is 0 Å². The molecule has 0 rings (SSSR count). The van der Waals surface area contributed by atoms with E-state index in [9.17, 15) is 14.4 Å². The molecule has 0 aliphatic rings. The van der Waals surface area contributed by atoms with Crippen LogP contribution in [0, 0.1) is 0 Å². The lowest BCUT2D eigenvalue weighted by molar-refractivity contribution is -0.229. The molecular weight excluding hydrogens is 222 g/mol. The molecule has 0 aromatic rings. The molecule has 16 heavy (non-hydrogen) atoms. The Morgan fingerprint density at radius 3 is 1.69 bits per heavy atom. The van der Waals surface area contributed by atoms with Crippen LogP contribution in [0.2, 0.25) is 0 Å². The molecule has 0 spiro atoms. The smallest absolute Gasteiger partial charge is 0.367 e. The first kappa shape index (κ1) is 16.5. The van der Waals surface area contributed by atoms with Gasteiger partial charge in [-0.15, -0.1) is 0 Å². The highest BCUT2D eigenvalue weighted by Gasteiger charge is 1.98. The van der Waals surface area contributed by atoms with Crippen molar-refractivity contribution < 1.29 is 34.7 Å². The monoisotopic (exact) mass is 235 g/mol. The maximum atomic E-state index is 9.94. The Kier molecular flexibility index (Phi) is 9.92. The molecule has 92 valence electrons. The number of carboxylic acid groups (broad SMARTS) is 2. The molecule has 0 atom stereocenters. The minimum absolute atomic E-state index is 0.183. The molecule has 0 radical (unpaired) electrons. The molecule has 0 fully saturated rings. The van der Waals surface area contributed by atoms with Gasteiger partial charge in [-0.3, -0.25) is 19.8 Å². The number of carbonyl (C=O) groups excluding carboxylic acids is 1. The van der Waals surface area contributed by atoms with Crippen molar-refractivity contribution in [2.24, 2.45) is 0 Å². The van der Waals surface area contributed by atoms with Crippen LogP contribution in [-0.4, -0.2) is 46.5 Å². The van der Waals surface area contributed by atoms with E-state index in [4.69, 9.17) is 15.5 Å². The Hall–Kier alpha value is -1.93. The Morgan fingerprint density at radius 2 is 1.56 bits per heavy atom. The Balaban J connectivity index is 0. The van der Waals surface area contributed by atoms with Crippen molar-refractivity contribution in [2.45, 2.75) is 6.92 Å². The number of carbonyl (C=O) groups is 3. The highest BCUT2D eigenvalue weighted by Crippen LogP contribution is 1.86. The Morgan fingerprint density at radius 1 is 1.19 bits per heavy atom. The summed E-state index contributed by atoms with van der Waals surface area (Å²) in [7, 11) is 0. The first-order valence-corrected chi connectivity index (χ1v) is 3.96. The molecule has 0 saturated heterocycles. The summed E-state index contributed by atoms with van der Waals surface area (Å²) in [4.78, 5) is 32.7. The van der Waals surface area contributed by atoms with Crippen LogP contribution in [-0.2, 0) is 19.3 Å². The van der Waals surface area contributed by atoms with E-state index in [1.165, 1.54) is 6.92 Å². The minimum Gasteiger partial charge on any atom is -0.480 e. The molecule has 0 heterocycles. The van der Waals surface area contributed by atoms with Crippen molar-refractivity contribution in [3.63, 3.8) is 0 Å². The third-order valence-corrected chi connectivity index (χ3v) is 0.984. The average molecular weight is 235 g/mol. The van der Waals surface area contributed by atoms with Gasteiger partial charge < -0.3 is 10.2 Å². The summed E-state index contributed by atoms with van der Waals surface area (Å²) >= 11 is 0. The summed E-state index contributed by atoms with van der Waals surface area (Å²) in [6.07, 6.45) is 0. The van der Waals surface area contributed by atoms with Crippen molar-refractivity contribution >= 4 is 17.9 Å². The van der Waals surface area contributed by atoms with Crippen LogP contribution in [0.3, 0.4) is 0 Å². The van der Waals surface area contributed by atoms with Gasteiger partial charge >= 0.3 is 17.9 Å². The molecule has 0 aliphatic carbocycles. The molecule has 0 bridgehead atoms. The molecule has 8 heteroatoms. The van der Waals surface area contributed by atoms with E-state index >= 15 is 0 Å². The van der Waals surface area contributed by atoms with Crippen LogP contribution >= 0.6 is 0 Å². The van der Waals surface area contributed by atoms with Crippen LogP contribution < -0.4 is 5.32 Å². The molecule has 0 unspecified atom stereocenters. The van der Waals surface area contributed by atoms with Gasteiger partial charge in [-0.05, 0) is 6.92 Å².